The monoisotopic (exact) mass is 276 g/mol. The van der Waals surface area contributed by atoms with Gasteiger partial charge in [-0.2, -0.15) is 5.26 Å². The van der Waals surface area contributed by atoms with Crippen LogP contribution in [-0.2, 0) is 6.54 Å². The van der Waals surface area contributed by atoms with Crippen molar-refractivity contribution in [2.24, 2.45) is 0 Å². The molecule has 0 saturated heterocycles. The van der Waals surface area contributed by atoms with Crippen molar-refractivity contribution in [1.29, 1.82) is 5.26 Å². The van der Waals surface area contributed by atoms with Gasteiger partial charge in [0.05, 0.1) is 17.8 Å². The van der Waals surface area contributed by atoms with Crippen molar-refractivity contribution in [3.63, 3.8) is 0 Å². The Balaban J connectivity index is 2.32. The maximum atomic E-state index is 9.16. The van der Waals surface area contributed by atoms with Gasteiger partial charge < -0.3 is 4.90 Å². The van der Waals surface area contributed by atoms with Gasteiger partial charge in [0.1, 0.15) is 6.07 Å². The third kappa shape index (κ3) is 2.84. The highest BCUT2D eigenvalue weighted by Crippen LogP contribution is 2.26. The molecule has 0 N–H and O–H groups in total. The van der Waals surface area contributed by atoms with Gasteiger partial charge in [-0.3, -0.25) is 0 Å². The lowest BCUT2D eigenvalue weighted by molar-refractivity contribution is 0.841. The summed E-state index contributed by atoms with van der Waals surface area (Å²) in [6, 6.07) is 11.7. The van der Waals surface area contributed by atoms with Crippen molar-refractivity contribution in [3.8, 4) is 6.07 Å². The molecule has 2 rings (SSSR count). The first-order valence-electron chi connectivity index (χ1n) is 5.71. The summed E-state index contributed by atoms with van der Waals surface area (Å²) in [7, 11) is 0. The summed E-state index contributed by atoms with van der Waals surface area (Å²) in [4.78, 5) is 3.44. The Morgan fingerprint density at radius 3 is 2.83 bits per heavy atom. The zero-order chi connectivity index (χ0) is 13.0. The Bertz CT molecular complexity index is 558. The molecule has 0 saturated carbocycles. The minimum Gasteiger partial charge on any atom is -0.366 e. The number of hydrogen-bond acceptors (Lipinski definition) is 3. The van der Waals surface area contributed by atoms with Gasteiger partial charge in [-0.15, -0.1) is 11.3 Å². The van der Waals surface area contributed by atoms with Gasteiger partial charge >= 0.3 is 0 Å². The van der Waals surface area contributed by atoms with Crippen LogP contribution >= 0.6 is 22.9 Å². The third-order valence-electron chi connectivity index (χ3n) is 2.73. The van der Waals surface area contributed by atoms with Gasteiger partial charge in [0, 0.05) is 16.4 Å². The molecule has 92 valence electrons. The second-order valence-corrected chi connectivity index (χ2v) is 5.34. The zero-order valence-corrected chi connectivity index (χ0v) is 11.6. The summed E-state index contributed by atoms with van der Waals surface area (Å²) in [5.74, 6) is 0. The van der Waals surface area contributed by atoms with E-state index < -0.39 is 0 Å². The highest BCUT2D eigenvalue weighted by Gasteiger charge is 2.11. The fraction of sp³-hybridized carbons (Fsp3) is 0.214. The molecule has 0 aliphatic rings. The van der Waals surface area contributed by atoms with Crippen LogP contribution in [0.25, 0.3) is 0 Å². The van der Waals surface area contributed by atoms with Gasteiger partial charge in [-0.25, -0.2) is 0 Å². The molecule has 18 heavy (non-hydrogen) atoms. The van der Waals surface area contributed by atoms with Crippen LogP contribution < -0.4 is 4.90 Å². The van der Waals surface area contributed by atoms with Crippen molar-refractivity contribution in [2.75, 3.05) is 11.4 Å². The Morgan fingerprint density at radius 2 is 2.22 bits per heavy atom. The predicted molar refractivity (Wildman–Crippen MR) is 77.2 cm³/mol. The fourth-order valence-electron chi connectivity index (χ4n) is 1.82. The molecular formula is C14H13ClN2S. The third-order valence-corrected chi connectivity index (χ3v) is 3.83. The van der Waals surface area contributed by atoms with Gasteiger partial charge in [0.2, 0.25) is 0 Å². The Kier molecular flexibility index (Phi) is 4.24. The molecule has 0 bridgehead atoms. The fourth-order valence-corrected chi connectivity index (χ4v) is 2.70. The second kappa shape index (κ2) is 5.90. The number of nitrogens with zero attached hydrogens (tertiary/aromatic N) is 2. The van der Waals surface area contributed by atoms with Crippen LogP contribution in [0.15, 0.2) is 35.7 Å². The normalized spacial score (nSPS) is 10.1. The summed E-state index contributed by atoms with van der Waals surface area (Å²) >= 11 is 7.74. The van der Waals surface area contributed by atoms with Crippen molar-refractivity contribution in [2.45, 2.75) is 13.5 Å². The molecule has 0 radical (unpaired) electrons. The molecule has 0 spiro atoms. The number of thiophene rings is 1. The lowest BCUT2D eigenvalue weighted by Gasteiger charge is -2.23. The zero-order valence-electron chi connectivity index (χ0n) is 10.1. The average Bonchev–Trinajstić information content (AvgIpc) is 2.88. The molecule has 0 aliphatic carbocycles. The second-order valence-electron chi connectivity index (χ2n) is 3.87. The van der Waals surface area contributed by atoms with Crippen LogP contribution in [0.5, 0.6) is 0 Å². The van der Waals surface area contributed by atoms with E-state index in [0.717, 1.165) is 18.8 Å². The Hall–Kier alpha value is -1.50. The van der Waals surface area contributed by atoms with E-state index in [1.807, 2.05) is 12.1 Å². The molecule has 1 aromatic heterocycles. The number of halogens is 1. The van der Waals surface area contributed by atoms with Crippen molar-refractivity contribution in [3.05, 3.63) is 51.2 Å². The standard InChI is InChI=1S/C14H13ClN2S/c1-2-17(10-13-4-3-7-18-13)14-8-12(15)6-5-11(14)9-16/h3-8H,2,10H2,1H3. The average molecular weight is 277 g/mol. The van der Waals surface area contributed by atoms with Crippen molar-refractivity contribution < 1.29 is 0 Å². The van der Waals surface area contributed by atoms with Gasteiger partial charge in [-0.05, 0) is 36.6 Å². The molecule has 0 aliphatic heterocycles. The smallest absolute Gasteiger partial charge is 0.101 e. The van der Waals surface area contributed by atoms with Crippen molar-refractivity contribution in [1.82, 2.24) is 0 Å². The van der Waals surface area contributed by atoms with E-state index >= 15 is 0 Å². The van der Waals surface area contributed by atoms with Crippen LogP contribution in [0.4, 0.5) is 5.69 Å². The number of anilines is 1. The van der Waals surface area contributed by atoms with Gasteiger partial charge in [0.15, 0.2) is 0 Å². The largest absolute Gasteiger partial charge is 0.366 e. The SMILES string of the molecule is CCN(Cc1cccs1)c1cc(Cl)ccc1C#N. The topological polar surface area (TPSA) is 27.0 Å². The first-order chi connectivity index (χ1) is 8.74. The van der Waals surface area contributed by atoms with Crippen molar-refractivity contribution >= 4 is 28.6 Å². The molecule has 2 nitrogen and oxygen atoms in total. The molecule has 1 aromatic carbocycles. The molecule has 0 amide bonds. The first-order valence-corrected chi connectivity index (χ1v) is 6.97. The predicted octanol–water partition coefficient (Wildman–Crippen LogP) is 4.30. The minimum absolute atomic E-state index is 0.661. The summed E-state index contributed by atoms with van der Waals surface area (Å²) in [5, 5.41) is 11.9. The van der Waals surface area contributed by atoms with Gasteiger partial charge in [0.25, 0.3) is 0 Å². The Labute approximate surface area is 116 Å². The highest BCUT2D eigenvalue weighted by atomic mass is 35.5. The first kappa shape index (κ1) is 12.9. The summed E-state index contributed by atoms with van der Waals surface area (Å²) in [6.07, 6.45) is 0. The van der Waals surface area contributed by atoms with E-state index in [-0.39, 0.29) is 0 Å². The lowest BCUT2D eigenvalue weighted by atomic mass is 10.1. The van der Waals surface area contributed by atoms with E-state index in [1.165, 1.54) is 4.88 Å². The number of rotatable bonds is 4. The molecule has 4 heteroatoms. The van der Waals surface area contributed by atoms with Crippen LogP contribution in [0.1, 0.15) is 17.4 Å². The Morgan fingerprint density at radius 1 is 1.39 bits per heavy atom. The maximum Gasteiger partial charge on any atom is 0.101 e. The molecular weight excluding hydrogens is 264 g/mol. The van der Waals surface area contributed by atoms with Crippen LogP contribution in [0, 0.1) is 11.3 Å². The number of nitriles is 1. The summed E-state index contributed by atoms with van der Waals surface area (Å²) < 4.78 is 0. The maximum absolute atomic E-state index is 9.16. The quantitative estimate of drug-likeness (QED) is 0.832. The highest BCUT2D eigenvalue weighted by molar-refractivity contribution is 7.09. The molecule has 2 aromatic rings. The molecule has 1 heterocycles. The summed E-state index contributed by atoms with van der Waals surface area (Å²) in [6.45, 7) is 3.73. The number of benzene rings is 1. The molecule has 0 atom stereocenters. The molecule has 0 fully saturated rings. The van der Waals surface area contributed by atoms with E-state index in [2.05, 4.69) is 29.3 Å². The van der Waals surface area contributed by atoms with E-state index in [0.29, 0.717) is 10.6 Å². The van der Waals surface area contributed by atoms with Crippen LogP contribution in [-0.4, -0.2) is 6.54 Å². The van der Waals surface area contributed by atoms with Gasteiger partial charge in [-0.1, -0.05) is 17.7 Å². The minimum atomic E-state index is 0.661. The molecule has 0 unspecified atom stereocenters. The van der Waals surface area contributed by atoms with E-state index in [9.17, 15) is 0 Å². The van der Waals surface area contributed by atoms with E-state index in [1.54, 1.807) is 23.5 Å². The number of hydrogen-bond donors (Lipinski definition) is 0. The van der Waals surface area contributed by atoms with E-state index in [4.69, 9.17) is 16.9 Å². The summed E-state index contributed by atoms with van der Waals surface area (Å²) in [5.41, 5.74) is 1.57. The lowest BCUT2D eigenvalue weighted by Crippen LogP contribution is -2.22. The van der Waals surface area contributed by atoms with Crippen LogP contribution in [0.2, 0.25) is 5.02 Å². The van der Waals surface area contributed by atoms with Crippen LogP contribution in [0.3, 0.4) is 0 Å².